The van der Waals surface area contributed by atoms with Crippen molar-refractivity contribution in [3.63, 3.8) is 0 Å². The molecule has 1 saturated heterocycles. The zero-order chi connectivity index (χ0) is 18.8. The quantitative estimate of drug-likeness (QED) is 0.645. The highest BCUT2D eigenvalue weighted by atomic mass is 32.1. The normalized spacial score (nSPS) is 15.3. The summed E-state index contributed by atoms with van der Waals surface area (Å²) in [7, 11) is 0. The lowest BCUT2D eigenvalue weighted by Crippen LogP contribution is -2.47. The highest BCUT2D eigenvalue weighted by Gasteiger charge is 2.19. The number of rotatable bonds is 4. The Balaban J connectivity index is 1.46. The molecule has 4 rings (SSSR count). The summed E-state index contributed by atoms with van der Waals surface area (Å²) >= 11 is 5.72. The van der Waals surface area contributed by atoms with Gasteiger partial charge in [0.05, 0.1) is 6.67 Å². The first-order valence-corrected chi connectivity index (χ1v) is 9.78. The number of anilines is 1. The summed E-state index contributed by atoms with van der Waals surface area (Å²) < 4.78 is 4.75. The van der Waals surface area contributed by atoms with Gasteiger partial charge in [-0.3, -0.25) is 9.47 Å². The van der Waals surface area contributed by atoms with E-state index < -0.39 is 0 Å². The maximum atomic E-state index is 5.72. The van der Waals surface area contributed by atoms with Gasteiger partial charge in [0.1, 0.15) is 5.82 Å². The van der Waals surface area contributed by atoms with Gasteiger partial charge in [0, 0.05) is 37.6 Å². The Morgan fingerprint density at radius 3 is 2.19 bits per heavy atom. The fourth-order valence-corrected chi connectivity index (χ4v) is 3.91. The third kappa shape index (κ3) is 3.82. The van der Waals surface area contributed by atoms with Gasteiger partial charge in [-0.15, -0.1) is 0 Å². The third-order valence-electron chi connectivity index (χ3n) is 5.12. The maximum absolute atomic E-state index is 5.72. The number of aromatic nitrogens is 3. The fourth-order valence-electron chi connectivity index (χ4n) is 3.58. The molecule has 0 bridgehead atoms. The molecule has 0 radical (unpaired) electrons. The highest BCUT2D eigenvalue weighted by molar-refractivity contribution is 7.71. The SMILES string of the molecule is Cc1ccc(-n2c(C)nn(CN3CCN(c4ccccc4)CC3)c2=S)cc1. The monoisotopic (exact) mass is 379 g/mol. The molecule has 5 nitrogen and oxygen atoms in total. The third-order valence-corrected chi connectivity index (χ3v) is 5.51. The van der Waals surface area contributed by atoms with Gasteiger partial charge < -0.3 is 4.90 Å². The van der Waals surface area contributed by atoms with Gasteiger partial charge in [0.15, 0.2) is 0 Å². The van der Waals surface area contributed by atoms with Crippen LogP contribution in [-0.4, -0.2) is 45.4 Å². The summed E-state index contributed by atoms with van der Waals surface area (Å²) in [4.78, 5) is 4.85. The lowest BCUT2D eigenvalue weighted by molar-refractivity contribution is 0.194. The summed E-state index contributed by atoms with van der Waals surface area (Å²) in [5.41, 5.74) is 3.61. The first-order chi connectivity index (χ1) is 13.1. The van der Waals surface area contributed by atoms with Gasteiger partial charge in [0.2, 0.25) is 4.77 Å². The van der Waals surface area contributed by atoms with Crippen molar-refractivity contribution in [3.05, 3.63) is 70.8 Å². The Morgan fingerprint density at radius 2 is 1.52 bits per heavy atom. The number of aryl methyl sites for hydroxylation is 2. The van der Waals surface area contributed by atoms with E-state index in [0.717, 1.165) is 49.1 Å². The van der Waals surface area contributed by atoms with E-state index in [9.17, 15) is 0 Å². The summed E-state index contributed by atoms with van der Waals surface area (Å²) in [5.74, 6) is 0.923. The van der Waals surface area contributed by atoms with Crippen LogP contribution in [0.5, 0.6) is 0 Å². The highest BCUT2D eigenvalue weighted by Crippen LogP contribution is 2.17. The molecule has 6 heteroatoms. The Hall–Kier alpha value is -2.44. The van der Waals surface area contributed by atoms with Crippen LogP contribution in [0.25, 0.3) is 5.69 Å². The second kappa shape index (κ2) is 7.66. The summed E-state index contributed by atoms with van der Waals surface area (Å²) in [6, 6.07) is 19.0. The predicted octanol–water partition coefficient (Wildman–Crippen LogP) is 3.80. The number of benzene rings is 2. The van der Waals surface area contributed by atoms with Crippen molar-refractivity contribution in [2.75, 3.05) is 31.1 Å². The molecule has 0 aliphatic carbocycles. The summed E-state index contributed by atoms with van der Waals surface area (Å²) in [5, 5.41) is 4.70. The van der Waals surface area contributed by atoms with Crippen LogP contribution >= 0.6 is 12.2 Å². The average Bonchev–Trinajstić information content (AvgIpc) is 2.97. The molecule has 2 heterocycles. The standard InChI is InChI=1S/C21H25N5S/c1-17-8-10-20(11-9-17)26-18(2)22-25(21(26)27)16-23-12-14-24(15-13-23)19-6-4-3-5-7-19/h3-11H,12-16H2,1-2H3. The van der Waals surface area contributed by atoms with E-state index in [1.54, 1.807) is 0 Å². The first kappa shape index (κ1) is 17.9. The van der Waals surface area contributed by atoms with Gasteiger partial charge in [0.25, 0.3) is 0 Å². The summed E-state index contributed by atoms with van der Waals surface area (Å²) in [6.07, 6.45) is 0. The van der Waals surface area contributed by atoms with Crippen molar-refractivity contribution >= 4 is 17.9 Å². The van der Waals surface area contributed by atoms with E-state index in [1.165, 1.54) is 11.3 Å². The smallest absolute Gasteiger partial charge is 0.203 e. The molecule has 0 amide bonds. The largest absolute Gasteiger partial charge is 0.369 e. The molecule has 0 saturated carbocycles. The van der Waals surface area contributed by atoms with Crippen molar-refractivity contribution in [3.8, 4) is 5.69 Å². The van der Waals surface area contributed by atoms with Crippen LogP contribution < -0.4 is 4.90 Å². The van der Waals surface area contributed by atoms with Crippen LogP contribution in [-0.2, 0) is 6.67 Å². The van der Waals surface area contributed by atoms with E-state index in [1.807, 2.05) is 11.6 Å². The topological polar surface area (TPSA) is 29.2 Å². The Bertz CT molecular complexity index is 950. The lowest BCUT2D eigenvalue weighted by atomic mass is 10.2. The molecular formula is C21H25N5S. The predicted molar refractivity (Wildman–Crippen MR) is 112 cm³/mol. The Morgan fingerprint density at radius 1 is 0.852 bits per heavy atom. The molecule has 1 fully saturated rings. The van der Waals surface area contributed by atoms with Crippen molar-refractivity contribution in [1.82, 2.24) is 19.2 Å². The Kier molecular flexibility index (Phi) is 5.09. The van der Waals surface area contributed by atoms with Gasteiger partial charge >= 0.3 is 0 Å². The van der Waals surface area contributed by atoms with Crippen molar-refractivity contribution < 1.29 is 0 Å². The van der Waals surface area contributed by atoms with Crippen LogP contribution in [0.4, 0.5) is 5.69 Å². The molecule has 2 aromatic carbocycles. The van der Waals surface area contributed by atoms with Crippen molar-refractivity contribution in [2.24, 2.45) is 0 Å². The molecule has 0 spiro atoms. The maximum Gasteiger partial charge on any atom is 0.203 e. The van der Waals surface area contributed by atoms with E-state index in [-0.39, 0.29) is 0 Å². The number of hydrogen-bond donors (Lipinski definition) is 0. The molecule has 0 atom stereocenters. The van der Waals surface area contributed by atoms with Crippen LogP contribution in [0.3, 0.4) is 0 Å². The van der Waals surface area contributed by atoms with E-state index in [4.69, 9.17) is 17.3 Å². The van der Waals surface area contributed by atoms with E-state index in [2.05, 4.69) is 75.9 Å². The minimum atomic E-state index is 0.737. The van der Waals surface area contributed by atoms with E-state index in [0.29, 0.717) is 0 Å². The molecule has 140 valence electrons. The second-order valence-corrected chi connectivity index (χ2v) is 7.45. The number of hydrogen-bond acceptors (Lipinski definition) is 4. The number of piperazine rings is 1. The van der Waals surface area contributed by atoms with Crippen molar-refractivity contribution in [1.29, 1.82) is 0 Å². The zero-order valence-electron chi connectivity index (χ0n) is 15.9. The van der Waals surface area contributed by atoms with Gasteiger partial charge in [-0.05, 0) is 50.3 Å². The van der Waals surface area contributed by atoms with Crippen LogP contribution in [0.2, 0.25) is 0 Å². The van der Waals surface area contributed by atoms with Gasteiger partial charge in [-0.25, -0.2) is 4.68 Å². The second-order valence-electron chi connectivity index (χ2n) is 7.08. The fraction of sp³-hybridized carbons (Fsp3) is 0.333. The molecule has 0 unspecified atom stereocenters. The minimum absolute atomic E-state index is 0.737. The van der Waals surface area contributed by atoms with Crippen LogP contribution in [0.1, 0.15) is 11.4 Å². The van der Waals surface area contributed by atoms with Crippen LogP contribution in [0, 0.1) is 18.6 Å². The van der Waals surface area contributed by atoms with Gasteiger partial charge in [-0.2, -0.15) is 5.10 Å². The van der Waals surface area contributed by atoms with Gasteiger partial charge in [-0.1, -0.05) is 35.9 Å². The molecule has 1 aliphatic heterocycles. The number of nitrogens with zero attached hydrogens (tertiary/aromatic N) is 5. The number of para-hydroxylation sites is 1. The first-order valence-electron chi connectivity index (χ1n) is 9.38. The average molecular weight is 380 g/mol. The van der Waals surface area contributed by atoms with E-state index >= 15 is 0 Å². The Labute approximate surface area is 165 Å². The molecule has 1 aliphatic rings. The molecule has 1 aromatic heterocycles. The minimum Gasteiger partial charge on any atom is -0.369 e. The lowest BCUT2D eigenvalue weighted by Gasteiger charge is -2.35. The van der Waals surface area contributed by atoms with Crippen molar-refractivity contribution in [2.45, 2.75) is 20.5 Å². The molecule has 0 N–H and O–H groups in total. The zero-order valence-corrected chi connectivity index (χ0v) is 16.7. The molecule has 3 aromatic rings. The molecular weight excluding hydrogens is 354 g/mol. The van der Waals surface area contributed by atoms with Crippen LogP contribution in [0.15, 0.2) is 54.6 Å². The summed E-state index contributed by atoms with van der Waals surface area (Å²) in [6.45, 7) is 8.90. The molecule has 27 heavy (non-hydrogen) atoms.